The van der Waals surface area contributed by atoms with Crippen molar-refractivity contribution in [2.45, 2.75) is 37.8 Å². The predicted molar refractivity (Wildman–Crippen MR) is 75.7 cm³/mol. The molecule has 20 heavy (non-hydrogen) atoms. The maximum atomic E-state index is 12.0. The molecular weight excluding hydrogens is 278 g/mol. The molecule has 8 heteroatoms. The lowest BCUT2D eigenvalue weighted by molar-refractivity contribution is -0.885. The normalized spacial score (nSPS) is 27.5. The Bertz CT molecular complexity index is 580. The molecule has 0 aromatic carbocycles. The number of hydrogen-bond acceptors (Lipinski definition) is 3. The van der Waals surface area contributed by atoms with E-state index in [1.807, 2.05) is 10.9 Å². The van der Waals surface area contributed by atoms with Crippen molar-refractivity contribution in [3.05, 3.63) is 12.4 Å². The van der Waals surface area contributed by atoms with Gasteiger partial charge < -0.3 is 4.90 Å². The van der Waals surface area contributed by atoms with Crippen molar-refractivity contribution >= 4 is 15.9 Å². The second-order valence-corrected chi connectivity index (χ2v) is 7.38. The van der Waals surface area contributed by atoms with Crippen LogP contribution in [0.3, 0.4) is 0 Å². The first-order valence-corrected chi connectivity index (χ1v) is 8.63. The minimum absolute atomic E-state index is 0.0735. The highest BCUT2D eigenvalue weighted by Crippen LogP contribution is 2.35. The molecule has 112 valence electrons. The number of nitrogens with one attached hydrogen (secondary N) is 1. The Morgan fingerprint density at radius 3 is 2.80 bits per heavy atom. The summed E-state index contributed by atoms with van der Waals surface area (Å²) in [5.74, 6) is 0. The van der Waals surface area contributed by atoms with Crippen LogP contribution >= 0.6 is 0 Å². The molecule has 2 fully saturated rings. The van der Waals surface area contributed by atoms with E-state index in [2.05, 4.69) is 12.1 Å². The highest BCUT2D eigenvalue weighted by Gasteiger charge is 2.34. The van der Waals surface area contributed by atoms with E-state index in [-0.39, 0.29) is 6.04 Å². The van der Waals surface area contributed by atoms with Gasteiger partial charge in [0.15, 0.2) is 0 Å². The van der Waals surface area contributed by atoms with Crippen LogP contribution in [0.15, 0.2) is 12.4 Å². The van der Waals surface area contributed by atoms with Crippen molar-refractivity contribution in [3.63, 3.8) is 0 Å². The van der Waals surface area contributed by atoms with Crippen molar-refractivity contribution in [1.29, 1.82) is 0 Å². The lowest BCUT2D eigenvalue weighted by Gasteiger charge is -2.34. The molecule has 1 unspecified atom stereocenters. The summed E-state index contributed by atoms with van der Waals surface area (Å²) < 4.78 is 27.2. The average Bonchev–Trinajstić information content (AvgIpc) is 3.09. The Hall–Kier alpha value is -1.12. The van der Waals surface area contributed by atoms with E-state index < -0.39 is 10.2 Å². The second-order valence-electron chi connectivity index (χ2n) is 5.96. The number of nitrogens with two attached hydrogens (primary N) is 1. The van der Waals surface area contributed by atoms with Gasteiger partial charge in [-0.15, -0.1) is 0 Å². The summed E-state index contributed by atoms with van der Waals surface area (Å²) in [7, 11) is -1.68. The summed E-state index contributed by atoms with van der Waals surface area (Å²) in [5.41, 5.74) is 0.596. The lowest BCUT2D eigenvalue weighted by atomic mass is 10.1. The predicted octanol–water partition coefficient (Wildman–Crippen LogP) is -1.09. The molecule has 0 bridgehead atoms. The molecule has 2 heterocycles. The van der Waals surface area contributed by atoms with Crippen molar-refractivity contribution < 1.29 is 13.3 Å². The molecule has 1 aliphatic carbocycles. The maximum Gasteiger partial charge on any atom is 0.299 e. The van der Waals surface area contributed by atoms with Crippen LogP contribution in [0, 0.1) is 0 Å². The molecule has 1 saturated carbocycles. The third-order valence-electron chi connectivity index (χ3n) is 4.09. The van der Waals surface area contributed by atoms with Gasteiger partial charge in [0.1, 0.15) is 0 Å². The van der Waals surface area contributed by atoms with E-state index in [9.17, 15) is 8.42 Å². The van der Waals surface area contributed by atoms with Gasteiger partial charge in [-0.1, -0.05) is 0 Å². The molecular formula is C12H22N5O2S+. The Labute approximate surface area is 119 Å². The summed E-state index contributed by atoms with van der Waals surface area (Å²) in [4.78, 5) is 1.34. The Balaban J connectivity index is 1.88. The van der Waals surface area contributed by atoms with Crippen LogP contribution in [0.4, 0.5) is 5.69 Å². The van der Waals surface area contributed by atoms with Gasteiger partial charge in [-0.25, -0.2) is 9.44 Å². The van der Waals surface area contributed by atoms with Crippen LogP contribution in [-0.4, -0.2) is 44.4 Å². The largest absolute Gasteiger partial charge is 0.336 e. The molecule has 3 N–H and O–H groups in total. The Morgan fingerprint density at radius 2 is 2.20 bits per heavy atom. The number of nitrogens with zero attached hydrogens (tertiary/aromatic N) is 3. The second kappa shape index (κ2) is 5.01. The molecule has 7 nitrogen and oxygen atoms in total. The van der Waals surface area contributed by atoms with E-state index in [0.29, 0.717) is 11.7 Å². The SMILES string of the molecule is C[NH+]1CCC[C@@H](N(c2cnn(C3CC3)c2)S(N)(=O)=O)C1. The zero-order valence-electron chi connectivity index (χ0n) is 11.7. The van der Waals surface area contributed by atoms with Crippen LogP contribution in [0.2, 0.25) is 0 Å². The number of hydrogen-bond donors (Lipinski definition) is 2. The molecule has 1 aliphatic heterocycles. The molecule has 0 amide bonds. The molecule has 1 aromatic rings. The number of quaternary nitrogens is 1. The average molecular weight is 300 g/mol. The van der Waals surface area contributed by atoms with E-state index in [4.69, 9.17) is 5.14 Å². The minimum atomic E-state index is -3.77. The van der Waals surface area contributed by atoms with E-state index in [0.717, 1.165) is 38.8 Å². The van der Waals surface area contributed by atoms with Crippen LogP contribution in [0.25, 0.3) is 0 Å². The standard InChI is InChI=1S/C12H21N5O2S/c1-15-6-2-3-11(8-15)17(20(13,18)19)12-7-14-16(9-12)10-4-5-10/h7,9-11H,2-6,8H2,1H3,(H2,13,18,19)/p+1/t11-/m1/s1. The topological polar surface area (TPSA) is 85.7 Å². The smallest absolute Gasteiger partial charge is 0.299 e. The van der Waals surface area contributed by atoms with E-state index in [1.54, 1.807) is 6.20 Å². The van der Waals surface area contributed by atoms with Gasteiger partial charge in [-0.05, 0) is 25.7 Å². The highest BCUT2D eigenvalue weighted by atomic mass is 32.2. The number of likely N-dealkylation sites (tertiary alicyclic amines) is 1. The van der Waals surface area contributed by atoms with Gasteiger partial charge >= 0.3 is 0 Å². The number of anilines is 1. The minimum Gasteiger partial charge on any atom is -0.336 e. The Kier molecular flexibility index (Phi) is 3.47. The van der Waals surface area contributed by atoms with Crippen LogP contribution < -0.4 is 14.3 Å². The number of likely N-dealkylation sites (N-methyl/N-ethyl adjacent to an activating group) is 1. The number of aromatic nitrogens is 2. The third-order valence-corrected chi connectivity index (χ3v) is 5.15. The molecule has 1 saturated heterocycles. The summed E-state index contributed by atoms with van der Waals surface area (Å²) in [5, 5.41) is 9.72. The van der Waals surface area contributed by atoms with Crippen molar-refractivity contribution in [1.82, 2.24) is 9.78 Å². The van der Waals surface area contributed by atoms with Crippen molar-refractivity contribution in [2.75, 3.05) is 24.4 Å². The van der Waals surface area contributed by atoms with Crippen LogP contribution in [0.5, 0.6) is 0 Å². The number of piperidine rings is 1. The first-order chi connectivity index (χ1) is 9.45. The molecule has 1 aromatic heterocycles. The lowest BCUT2D eigenvalue weighted by Crippen LogP contribution is -3.11. The van der Waals surface area contributed by atoms with Gasteiger partial charge in [0.25, 0.3) is 10.2 Å². The van der Waals surface area contributed by atoms with Gasteiger partial charge in [0.05, 0.1) is 44.1 Å². The Morgan fingerprint density at radius 1 is 1.45 bits per heavy atom. The zero-order valence-corrected chi connectivity index (χ0v) is 12.5. The fraction of sp³-hybridized carbons (Fsp3) is 0.750. The molecule has 0 radical (unpaired) electrons. The quantitative estimate of drug-likeness (QED) is 0.740. The van der Waals surface area contributed by atoms with Gasteiger partial charge in [-0.2, -0.15) is 13.5 Å². The van der Waals surface area contributed by atoms with Gasteiger partial charge in [0.2, 0.25) is 0 Å². The van der Waals surface area contributed by atoms with Crippen LogP contribution in [0.1, 0.15) is 31.7 Å². The maximum absolute atomic E-state index is 12.0. The fourth-order valence-electron chi connectivity index (χ4n) is 2.99. The number of rotatable bonds is 4. The summed E-state index contributed by atoms with van der Waals surface area (Å²) in [6.45, 7) is 1.86. The molecule has 2 atom stereocenters. The molecule has 3 rings (SSSR count). The summed E-state index contributed by atoms with van der Waals surface area (Å²) in [6, 6.07) is 0.362. The third kappa shape index (κ3) is 2.82. The molecule has 2 aliphatic rings. The van der Waals surface area contributed by atoms with E-state index in [1.165, 1.54) is 9.21 Å². The van der Waals surface area contributed by atoms with Crippen molar-refractivity contribution in [3.8, 4) is 0 Å². The first-order valence-electron chi connectivity index (χ1n) is 7.13. The first kappa shape index (κ1) is 13.8. The molecule has 0 spiro atoms. The van der Waals surface area contributed by atoms with Gasteiger partial charge in [0, 0.05) is 6.20 Å². The van der Waals surface area contributed by atoms with Crippen molar-refractivity contribution in [2.24, 2.45) is 5.14 Å². The van der Waals surface area contributed by atoms with E-state index >= 15 is 0 Å². The monoisotopic (exact) mass is 300 g/mol. The summed E-state index contributed by atoms with van der Waals surface area (Å²) >= 11 is 0. The highest BCUT2D eigenvalue weighted by molar-refractivity contribution is 7.90. The fourth-order valence-corrected chi connectivity index (χ4v) is 3.98. The van der Waals surface area contributed by atoms with Crippen LogP contribution in [-0.2, 0) is 10.2 Å². The zero-order chi connectivity index (χ0) is 14.3. The summed E-state index contributed by atoms with van der Waals surface area (Å²) in [6.07, 6.45) is 7.53. The van der Waals surface area contributed by atoms with Gasteiger partial charge in [-0.3, -0.25) is 4.68 Å².